The number of rotatable bonds is 5. The third-order valence-corrected chi connectivity index (χ3v) is 5.77. The highest BCUT2D eigenvalue weighted by Crippen LogP contribution is 2.21. The van der Waals surface area contributed by atoms with Crippen LogP contribution in [-0.4, -0.2) is 31.9 Å². The maximum atomic E-state index is 12.2. The summed E-state index contributed by atoms with van der Waals surface area (Å²) < 4.78 is 24.4. The van der Waals surface area contributed by atoms with Gasteiger partial charge in [-0.3, -0.25) is 19.7 Å². The van der Waals surface area contributed by atoms with Crippen LogP contribution in [-0.2, 0) is 14.6 Å². The molecule has 9 heteroatoms. The van der Waals surface area contributed by atoms with E-state index in [0.717, 1.165) is 0 Å². The molecule has 0 saturated carbocycles. The first kappa shape index (κ1) is 18.1. The average molecular weight is 393 g/mol. The fraction of sp³-hybridized carbons (Fsp3) is 0.118. The van der Waals surface area contributed by atoms with Crippen molar-refractivity contribution < 1.29 is 22.8 Å². The van der Waals surface area contributed by atoms with Crippen molar-refractivity contribution in [1.82, 2.24) is 5.32 Å². The molecule has 0 radical (unpaired) electrons. The molecule has 1 aliphatic rings. The summed E-state index contributed by atoms with van der Waals surface area (Å²) in [4.78, 5) is 35.2. The number of anilines is 1. The molecule has 0 bridgehead atoms. The summed E-state index contributed by atoms with van der Waals surface area (Å²) in [6.07, 6.45) is -0.257. The summed E-state index contributed by atoms with van der Waals surface area (Å²) in [7, 11) is -3.62. The summed E-state index contributed by atoms with van der Waals surface area (Å²) in [5, 5.41) is 5.09. The zero-order valence-corrected chi connectivity index (χ0v) is 14.9. The molecule has 2 aromatic carbocycles. The molecule has 134 valence electrons. The Morgan fingerprint density at radius 1 is 1.00 bits per heavy atom. The van der Waals surface area contributed by atoms with Gasteiger partial charge in [0, 0.05) is 17.1 Å². The van der Waals surface area contributed by atoms with E-state index in [1.165, 1.54) is 42.5 Å². The Bertz CT molecular complexity index is 1020. The number of benzene rings is 2. The molecule has 1 aliphatic heterocycles. The van der Waals surface area contributed by atoms with Gasteiger partial charge in [-0.15, -0.1) is 0 Å². The molecule has 1 heterocycles. The topological polar surface area (TPSA) is 109 Å². The van der Waals surface area contributed by atoms with E-state index >= 15 is 0 Å². The minimum atomic E-state index is -3.62. The number of sulfone groups is 1. The lowest BCUT2D eigenvalue weighted by Crippen LogP contribution is -2.20. The van der Waals surface area contributed by atoms with Crippen LogP contribution in [0, 0.1) is 0 Å². The van der Waals surface area contributed by atoms with Crippen molar-refractivity contribution in [3.05, 3.63) is 58.6 Å². The van der Waals surface area contributed by atoms with Crippen LogP contribution in [0.1, 0.15) is 27.1 Å². The predicted octanol–water partition coefficient (Wildman–Crippen LogP) is 2.03. The molecule has 7 nitrogen and oxygen atoms in total. The Kier molecular flexibility index (Phi) is 4.80. The van der Waals surface area contributed by atoms with E-state index in [4.69, 9.17) is 11.6 Å². The summed E-state index contributed by atoms with van der Waals surface area (Å²) in [5.41, 5.74) is 0.711. The highest BCUT2D eigenvalue weighted by molar-refractivity contribution is 7.91. The van der Waals surface area contributed by atoms with Crippen LogP contribution in [0.4, 0.5) is 5.69 Å². The van der Waals surface area contributed by atoms with Gasteiger partial charge in [0.1, 0.15) is 0 Å². The van der Waals surface area contributed by atoms with Crippen molar-refractivity contribution in [3.63, 3.8) is 0 Å². The van der Waals surface area contributed by atoms with Gasteiger partial charge in [0.2, 0.25) is 5.91 Å². The monoisotopic (exact) mass is 392 g/mol. The second-order valence-corrected chi connectivity index (χ2v) is 8.16. The van der Waals surface area contributed by atoms with Gasteiger partial charge in [-0.1, -0.05) is 11.6 Å². The first-order valence-electron chi connectivity index (χ1n) is 7.54. The number of hydrogen-bond donors (Lipinski definition) is 2. The average Bonchev–Trinajstić information content (AvgIpc) is 2.87. The Morgan fingerprint density at radius 3 is 2.35 bits per heavy atom. The quantitative estimate of drug-likeness (QED) is 0.756. The Morgan fingerprint density at radius 2 is 1.65 bits per heavy atom. The van der Waals surface area contributed by atoms with Crippen LogP contribution in [0.3, 0.4) is 0 Å². The van der Waals surface area contributed by atoms with Crippen LogP contribution in [0.15, 0.2) is 47.4 Å². The van der Waals surface area contributed by atoms with E-state index in [1.807, 2.05) is 0 Å². The van der Waals surface area contributed by atoms with Crippen molar-refractivity contribution in [2.24, 2.45) is 0 Å². The van der Waals surface area contributed by atoms with Crippen LogP contribution in [0.5, 0.6) is 0 Å². The highest BCUT2D eigenvalue weighted by atomic mass is 35.5. The fourth-order valence-electron chi connectivity index (χ4n) is 2.46. The molecule has 0 atom stereocenters. The Labute approximate surface area is 154 Å². The molecular weight excluding hydrogens is 380 g/mol. The number of carbonyl (C=O) groups excluding carboxylic acids is 3. The van der Waals surface area contributed by atoms with Gasteiger partial charge in [-0.05, 0) is 42.5 Å². The summed E-state index contributed by atoms with van der Waals surface area (Å²) in [5.74, 6) is -1.92. The first-order chi connectivity index (χ1) is 12.3. The molecule has 2 aromatic rings. The van der Waals surface area contributed by atoms with Gasteiger partial charge in [0.05, 0.1) is 21.8 Å². The van der Waals surface area contributed by atoms with Crippen molar-refractivity contribution in [2.45, 2.75) is 11.3 Å². The zero-order chi connectivity index (χ0) is 18.9. The molecule has 0 aromatic heterocycles. The van der Waals surface area contributed by atoms with E-state index in [2.05, 4.69) is 10.6 Å². The van der Waals surface area contributed by atoms with Crippen molar-refractivity contribution in [2.75, 3.05) is 11.1 Å². The lowest BCUT2D eigenvalue weighted by Gasteiger charge is -2.07. The molecular formula is C17H13ClN2O5S. The number of carbonyl (C=O) groups is 3. The molecule has 2 N–H and O–H groups in total. The van der Waals surface area contributed by atoms with Gasteiger partial charge in [-0.2, -0.15) is 0 Å². The Hall–Kier alpha value is -2.71. The maximum absolute atomic E-state index is 12.2. The van der Waals surface area contributed by atoms with Gasteiger partial charge in [0.15, 0.2) is 9.84 Å². The van der Waals surface area contributed by atoms with Crippen LogP contribution >= 0.6 is 11.6 Å². The molecule has 3 rings (SSSR count). The number of imide groups is 1. The number of hydrogen-bond acceptors (Lipinski definition) is 5. The normalized spacial score (nSPS) is 13.3. The third-order valence-electron chi connectivity index (χ3n) is 3.79. The Balaban J connectivity index is 1.65. The van der Waals surface area contributed by atoms with E-state index < -0.39 is 27.6 Å². The molecule has 0 spiro atoms. The summed E-state index contributed by atoms with van der Waals surface area (Å²) >= 11 is 5.73. The largest absolute Gasteiger partial charge is 0.326 e. The van der Waals surface area contributed by atoms with Gasteiger partial charge in [-0.25, -0.2) is 8.42 Å². The van der Waals surface area contributed by atoms with Gasteiger partial charge >= 0.3 is 0 Å². The summed E-state index contributed by atoms with van der Waals surface area (Å²) in [6, 6.07) is 9.97. The fourth-order valence-corrected chi connectivity index (χ4v) is 3.82. The number of amides is 3. The molecule has 0 unspecified atom stereocenters. The minimum Gasteiger partial charge on any atom is -0.326 e. The second kappa shape index (κ2) is 6.89. The number of fused-ring (bicyclic) bond motifs is 1. The standard InChI is InChI=1S/C17H13ClN2O5S/c18-10-1-4-12(5-2-10)26(24,25)8-7-15(21)19-11-3-6-13-14(9-11)17(23)20-16(13)22/h1-6,9H,7-8H2,(H,19,21)(H,20,22,23). The van der Waals surface area contributed by atoms with E-state index in [9.17, 15) is 22.8 Å². The van der Waals surface area contributed by atoms with E-state index in [0.29, 0.717) is 10.7 Å². The molecule has 0 fully saturated rings. The molecule has 0 saturated heterocycles. The van der Waals surface area contributed by atoms with Crippen molar-refractivity contribution in [1.29, 1.82) is 0 Å². The molecule has 26 heavy (non-hydrogen) atoms. The van der Waals surface area contributed by atoms with Crippen molar-refractivity contribution in [3.8, 4) is 0 Å². The van der Waals surface area contributed by atoms with E-state index in [-0.39, 0.29) is 28.2 Å². The summed E-state index contributed by atoms with van der Waals surface area (Å²) in [6.45, 7) is 0. The predicted molar refractivity (Wildman–Crippen MR) is 95.0 cm³/mol. The zero-order valence-electron chi connectivity index (χ0n) is 13.3. The smallest absolute Gasteiger partial charge is 0.259 e. The van der Waals surface area contributed by atoms with E-state index in [1.54, 1.807) is 0 Å². The van der Waals surface area contributed by atoms with Gasteiger partial charge < -0.3 is 5.32 Å². The third kappa shape index (κ3) is 3.76. The number of halogens is 1. The molecule has 3 amide bonds. The SMILES string of the molecule is O=C(CCS(=O)(=O)c1ccc(Cl)cc1)Nc1ccc2c(c1)C(=O)NC2=O. The second-order valence-electron chi connectivity index (χ2n) is 5.61. The van der Waals surface area contributed by atoms with Crippen LogP contribution < -0.4 is 10.6 Å². The van der Waals surface area contributed by atoms with Gasteiger partial charge in [0.25, 0.3) is 11.8 Å². The highest BCUT2D eigenvalue weighted by Gasteiger charge is 2.26. The first-order valence-corrected chi connectivity index (χ1v) is 9.57. The number of nitrogens with one attached hydrogen (secondary N) is 2. The van der Waals surface area contributed by atoms with Crippen LogP contribution in [0.2, 0.25) is 5.02 Å². The van der Waals surface area contributed by atoms with Crippen molar-refractivity contribution >= 4 is 44.8 Å². The minimum absolute atomic E-state index is 0.0856. The lowest BCUT2D eigenvalue weighted by atomic mass is 10.1. The van der Waals surface area contributed by atoms with Crippen LogP contribution in [0.25, 0.3) is 0 Å². The maximum Gasteiger partial charge on any atom is 0.259 e. The molecule has 0 aliphatic carbocycles. The lowest BCUT2D eigenvalue weighted by molar-refractivity contribution is -0.115.